The maximum Gasteiger partial charge on any atom is 0.416 e. The first-order valence-electron chi connectivity index (χ1n) is 10.2. The number of imide groups is 1. The first-order valence-corrected chi connectivity index (χ1v) is 10.2. The molecule has 32 heavy (non-hydrogen) atoms. The number of rotatable bonds is 3. The van der Waals surface area contributed by atoms with Crippen LogP contribution in [0, 0.1) is 19.8 Å². The Morgan fingerprint density at radius 3 is 2.41 bits per heavy atom. The number of benzene rings is 1. The second-order valence-corrected chi connectivity index (χ2v) is 8.32. The average Bonchev–Trinajstić information content (AvgIpc) is 3.18. The predicted molar refractivity (Wildman–Crippen MR) is 108 cm³/mol. The van der Waals surface area contributed by atoms with Gasteiger partial charge in [-0.1, -0.05) is 0 Å². The number of halogens is 3. The molecule has 11 heteroatoms. The van der Waals surface area contributed by atoms with E-state index in [1.807, 2.05) is 0 Å². The van der Waals surface area contributed by atoms with E-state index >= 15 is 0 Å². The van der Waals surface area contributed by atoms with Gasteiger partial charge >= 0.3 is 12.2 Å². The molecule has 1 aromatic carbocycles. The topological polar surface area (TPSA) is 105 Å². The minimum atomic E-state index is -4.57. The normalized spacial score (nSPS) is 23.2. The van der Waals surface area contributed by atoms with Gasteiger partial charge in [0.15, 0.2) is 0 Å². The zero-order valence-corrected chi connectivity index (χ0v) is 17.5. The van der Waals surface area contributed by atoms with Gasteiger partial charge in [-0.25, -0.2) is 9.48 Å². The van der Waals surface area contributed by atoms with Crippen LogP contribution in [0.4, 0.5) is 23.7 Å². The van der Waals surface area contributed by atoms with E-state index in [1.165, 1.54) is 10.7 Å². The Balaban J connectivity index is 1.57. The number of alkyl halides is 3. The molecule has 1 spiro atoms. The standard InChI is InChI=1S/C21H22F3N5O3/c1-11-9-12(2)29(28-11)16-4-3-14(21(22,23)24)10-15(16)25-17(30)13-5-7-20(8-6-13)18(31)26-19(32)27-20/h3-4,9-10,13H,5-8H2,1-2H3,(H,25,30)(H2,26,27,31,32). The quantitative estimate of drug-likeness (QED) is 0.626. The van der Waals surface area contributed by atoms with Crippen LogP contribution in [0.1, 0.15) is 42.6 Å². The summed E-state index contributed by atoms with van der Waals surface area (Å²) < 4.78 is 41.4. The number of aryl methyl sites for hydroxylation is 2. The van der Waals surface area contributed by atoms with Gasteiger partial charge in [-0.15, -0.1) is 0 Å². The molecule has 1 aromatic heterocycles. The lowest BCUT2D eigenvalue weighted by Crippen LogP contribution is -2.50. The van der Waals surface area contributed by atoms with Gasteiger partial charge in [0, 0.05) is 11.6 Å². The number of carbonyl (C=O) groups excluding carboxylic acids is 3. The molecule has 3 N–H and O–H groups in total. The molecular weight excluding hydrogens is 427 g/mol. The SMILES string of the molecule is Cc1cc(C)n(-c2ccc(C(F)(F)F)cc2NC(=O)C2CCC3(CC2)NC(=O)NC3=O)n1. The summed E-state index contributed by atoms with van der Waals surface area (Å²) in [5.41, 5.74) is -0.172. The van der Waals surface area contributed by atoms with Gasteiger partial charge in [0.25, 0.3) is 5.91 Å². The van der Waals surface area contributed by atoms with Crippen LogP contribution in [0.25, 0.3) is 5.69 Å². The van der Waals surface area contributed by atoms with Crippen LogP contribution >= 0.6 is 0 Å². The Labute approximate surface area is 181 Å². The molecule has 4 rings (SSSR count). The summed E-state index contributed by atoms with van der Waals surface area (Å²) in [6.07, 6.45) is -3.40. The van der Waals surface area contributed by atoms with Gasteiger partial charge in [0.05, 0.1) is 22.6 Å². The van der Waals surface area contributed by atoms with E-state index in [0.29, 0.717) is 29.9 Å². The molecule has 1 aliphatic heterocycles. The van der Waals surface area contributed by atoms with Crippen molar-refractivity contribution in [1.82, 2.24) is 20.4 Å². The molecule has 0 unspecified atom stereocenters. The third kappa shape index (κ3) is 3.94. The van der Waals surface area contributed by atoms with Gasteiger partial charge in [-0.3, -0.25) is 14.9 Å². The van der Waals surface area contributed by atoms with Crippen molar-refractivity contribution >= 4 is 23.5 Å². The number of anilines is 1. The number of urea groups is 1. The number of aromatic nitrogens is 2. The summed E-state index contributed by atoms with van der Waals surface area (Å²) in [6, 6.07) is 4.36. The maximum atomic E-state index is 13.3. The molecular formula is C21H22F3N5O3. The fourth-order valence-electron chi connectivity index (χ4n) is 4.36. The molecule has 4 amide bonds. The number of amides is 4. The Hall–Kier alpha value is -3.37. The van der Waals surface area contributed by atoms with Crippen LogP contribution in [0.2, 0.25) is 0 Å². The van der Waals surface area contributed by atoms with E-state index in [2.05, 4.69) is 21.0 Å². The van der Waals surface area contributed by atoms with Crippen molar-refractivity contribution in [1.29, 1.82) is 0 Å². The van der Waals surface area contributed by atoms with Crippen molar-refractivity contribution in [2.45, 2.75) is 51.2 Å². The van der Waals surface area contributed by atoms with Crippen LogP contribution in [-0.4, -0.2) is 33.2 Å². The fraction of sp³-hybridized carbons (Fsp3) is 0.429. The maximum absolute atomic E-state index is 13.3. The summed E-state index contributed by atoms with van der Waals surface area (Å²) in [4.78, 5) is 36.5. The summed E-state index contributed by atoms with van der Waals surface area (Å²) >= 11 is 0. The van der Waals surface area contributed by atoms with Crippen LogP contribution in [0.5, 0.6) is 0 Å². The molecule has 2 aliphatic rings. The third-order valence-corrected chi connectivity index (χ3v) is 6.04. The summed E-state index contributed by atoms with van der Waals surface area (Å²) in [7, 11) is 0. The number of hydrogen-bond acceptors (Lipinski definition) is 4. The fourth-order valence-corrected chi connectivity index (χ4v) is 4.36. The first-order chi connectivity index (χ1) is 15.0. The smallest absolute Gasteiger partial charge is 0.324 e. The largest absolute Gasteiger partial charge is 0.416 e. The summed E-state index contributed by atoms with van der Waals surface area (Å²) in [5, 5.41) is 11.8. The molecule has 0 radical (unpaired) electrons. The molecule has 1 saturated heterocycles. The zero-order chi connectivity index (χ0) is 23.3. The summed E-state index contributed by atoms with van der Waals surface area (Å²) in [5.74, 6) is -1.36. The van der Waals surface area contributed by atoms with E-state index in [0.717, 1.165) is 12.1 Å². The Morgan fingerprint density at radius 1 is 1.19 bits per heavy atom. The number of nitrogens with zero attached hydrogens (tertiary/aromatic N) is 2. The zero-order valence-electron chi connectivity index (χ0n) is 17.5. The first kappa shape index (κ1) is 21.8. The predicted octanol–water partition coefficient (Wildman–Crippen LogP) is 3.21. The van der Waals surface area contributed by atoms with Crippen molar-refractivity contribution < 1.29 is 27.6 Å². The molecule has 2 heterocycles. The lowest BCUT2D eigenvalue weighted by atomic mass is 9.76. The minimum Gasteiger partial charge on any atom is -0.324 e. The Morgan fingerprint density at radius 2 is 1.88 bits per heavy atom. The van der Waals surface area contributed by atoms with E-state index in [4.69, 9.17) is 0 Å². The van der Waals surface area contributed by atoms with Gasteiger partial charge in [0.1, 0.15) is 5.54 Å². The van der Waals surface area contributed by atoms with Gasteiger partial charge in [-0.05, 0) is 63.8 Å². The molecule has 1 aliphatic carbocycles. The highest BCUT2D eigenvalue weighted by molar-refractivity contribution is 6.07. The molecule has 170 valence electrons. The number of carbonyl (C=O) groups is 3. The highest BCUT2D eigenvalue weighted by Crippen LogP contribution is 2.37. The van der Waals surface area contributed by atoms with Crippen molar-refractivity contribution in [2.24, 2.45) is 5.92 Å². The van der Waals surface area contributed by atoms with Crippen molar-refractivity contribution in [3.8, 4) is 5.69 Å². The van der Waals surface area contributed by atoms with Gasteiger partial charge in [0.2, 0.25) is 5.91 Å². The highest BCUT2D eigenvalue weighted by Gasteiger charge is 2.49. The second kappa shape index (κ2) is 7.64. The highest BCUT2D eigenvalue weighted by atomic mass is 19.4. The van der Waals surface area contributed by atoms with Crippen molar-refractivity contribution in [3.63, 3.8) is 0 Å². The van der Waals surface area contributed by atoms with Crippen LogP contribution < -0.4 is 16.0 Å². The van der Waals surface area contributed by atoms with Crippen LogP contribution in [-0.2, 0) is 15.8 Å². The molecule has 8 nitrogen and oxygen atoms in total. The van der Waals surface area contributed by atoms with Gasteiger partial charge in [-0.2, -0.15) is 18.3 Å². The van der Waals surface area contributed by atoms with E-state index in [9.17, 15) is 27.6 Å². The second-order valence-electron chi connectivity index (χ2n) is 8.32. The van der Waals surface area contributed by atoms with Crippen LogP contribution in [0.3, 0.4) is 0 Å². The minimum absolute atomic E-state index is 0.00299. The van der Waals surface area contributed by atoms with Crippen molar-refractivity contribution in [3.05, 3.63) is 41.2 Å². The molecule has 0 atom stereocenters. The molecule has 2 fully saturated rings. The lowest BCUT2D eigenvalue weighted by Gasteiger charge is -2.34. The third-order valence-electron chi connectivity index (χ3n) is 6.04. The van der Waals surface area contributed by atoms with Gasteiger partial charge < -0.3 is 10.6 Å². The Bertz CT molecular complexity index is 1100. The monoisotopic (exact) mass is 449 g/mol. The Kier molecular flexibility index (Phi) is 5.22. The van der Waals surface area contributed by atoms with E-state index in [1.54, 1.807) is 19.9 Å². The lowest BCUT2D eigenvalue weighted by molar-refractivity contribution is -0.137. The number of hydrogen-bond donors (Lipinski definition) is 3. The molecule has 0 bridgehead atoms. The van der Waals surface area contributed by atoms with Crippen molar-refractivity contribution in [2.75, 3.05) is 5.32 Å². The molecule has 1 saturated carbocycles. The van der Waals surface area contributed by atoms with E-state index in [-0.39, 0.29) is 18.5 Å². The van der Waals surface area contributed by atoms with E-state index < -0.39 is 41.0 Å². The number of nitrogens with one attached hydrogen (secondary N) is 3. The molecule has 2 aromatic rings. The average molecular weight is 449 g/mol. The summed E-state index contributed by atoms with van der Waals surface area (Å²) in [6.45, 7) is 3.53. The van der Waals surface area contributed by atoms with Crippen LogP contribution in [0.15, 0.2) is 24.3 Å².